The van der Waals surface area contributed by atoms with E-state index in [0.717, 1.165) is 43.1 Å². The van der Waals surface area contributed by atoms with Crippen LogP contribution in [0.4, 0.5) is 4.39 Å². The maximum atomic E-state index is 14.0. The van der Waals surface area contributed by atoms with E-state index in [1.165, 1.54) is 12.3 Å². The predicted molar refractivity (Wildman–Crippen MR) is 139 cm³/mol. The first-order chi connectivity index (χ1) is 17.2. The van der Waals surface area contributed by atoms with E-state index in [-0.39, 0.29) is 12.4 Å². The number of nitrogens with zero attached hydrogens (tertiary/aromatic N) is 4. The fourth-order valence-electron chi connectivity index (χ4n) is 4.35. The third-order valence-corrected chi connectivity index (χ3v) is 7.53. The first kappa shape index (κ1) is 26.3. The van der Waals surface area contributed by atoms with E-state index < -0.39 is 15.7 Å². The van der Waals surface area contributed by atoms with Crippen LogP contribution in [0.5, 0.6) is 5.88 Å². The number of hydrogen-bond acceptors (Lipinski definition) is 6. The molecule has 7 nitrogen and oxygen atoms in total. The number of halogens is 2. The molecule has 2 aromatic heterocycles. The standard InChI is InChI=1S/C26H30ClFN4O3S/c1-3-22-16-29-25(32(22)13-14-36(2,33)34)17-31-11-9-19(10-12-31)24-5-4-6-26(30-24)35-18-20-7-8-21(27)15-23(20)28/h3-8,15-16,19H,1,9-14,17-18H2,2H3. The van der Waals surface area contributed by atoms with Crippen LogP contribution < -0.4 is 4.74 Å². The Kier molecular flexibility index (Phi) is 8.43. The number of imidazole rings is 1. The Morgan fingerprint density at radius 3 is 2.72 bits per heavy atom. The van der Waals surface area contributed by atoms with Crippen molar-refractivity contribution < 1.29 is 17.5 Å². The van der Waals surface area contributed by atoms with Gasteiger partial charge in [-0.1, -0.05) is 30.3 Å². The van der Waals surface area contributed by atoms with Crippen LogP contribution >= 0.6 is 11.6 Å². The van der Waals surface area contributed by atoms with Gasteiger partial charge in [0.2, 0.25) is 5.88 Å². The molecule has 0 N–H and O–H groups in total. The molecule has 0 spiro atoms. The van der Waals surface area contributed by atoms with Crippen LogP contribution in [0.15, 0.2) is 49.2 Å². The molecule has 3 heterocycles. The van der Waals surface area contributed by atoms with Crippen LogP contribution in [0.25, 0.3) is 6.08 Å². The maximum absolute atomic E-state index is 14.0. The highest BCUT2D eigenvalue weighted by Crippen LogP contribution is 2.29. The van der Waals surface area contributed by atoms with Gasteiger partial charge in [0.1, 0.15) is 28.1 Å². The fraction of sp³-hybridized carbons (Fsp3) is 0.385. The molecule has 0 atom stereocenters. The summed E-state index contributed by atoms with van der Waals surface area (Å²) >= 11 is 5.82. The molecule has 1 aliphatic rings. The average Bonchev–Trinajstić information content (AvgIpc) is 3.24. The molecule has 1 aliphatic heterocycles. The van der Waals surface area contributed by atoms with Crippen molar-refractivity contribution in [2.75, 3.05) is 25.1 Å². The van der Waals surface area contributed by atoms with Crippen LogP contribution in [0.1, 0.15) is 41.5 Å². The number of hydrogen-bond donors (Lipinski definition) is 0. The van der Waals surface area contributed by atoms with Crippen molar-refractivity contribution in [1.82, 2.24) is 19.4 Å². The SMILES string of the molecule is C=Cc1cnc(CN2CCC(c3cccc(OCc4ccc(Cl)cc4F)n3)CC2)n1CCS(C)(=O)=O. The Hall–Kier alpha value is -2.75. The van der Waals surface area contributed by atoms with Crippen molar-refractivity contribution in [2.45, 2.75) is 38.5 Å². The minimum Gasteiger partial charge on any atom is -0.473 e. The molecule has 192 valence electrons. The van der Waals surface area contributed by atoms with Gasteiger partial charge in [-0.2, -0.15) is 0 Å². The van der Waals surface area contributed by atoms with E-state index >= 15 is 0 Å². The van der Waals surface area contributed by atoms with Crippen molar-refractivity contribution in [3.05, 3.63) is 82.8 Å². The fourth-order valence-corrected chi connectivity index (χ4v) is 5.02. The topological polar surface area (TPSA) is 77.3 Å². The zero-order valence-electron chi connectivity index (χ0n) is 20.2. The number of likely N-dealkylation sites (tertiary alicyclic amines) is 1. The highest BCUT2D eigenvalue weighted by atomic mass is 35.5. The number of aromatic nitrogens is 3. The van der Waals surface area contributed by atoms with Gasteiger partial charge in [-0.25, -0.2) is 22.8 Å². The van der Waals surface area contributed by atoms with E-state index in [1.54, 1.807) is 30.5 Å². The summed E-state index contributed by atoms with van der Waals surface area (Å²) in [7, 11) is -3.08. The lowest BCUT2D eigenvalue weighted by Gasteiger charge is -2.31. The Morgan fingerprint density at radius 1 is 1.25 bits per heavy atom. The quantitative estimate of drug-likeness (QED) is 0.376. The molecule has 4 rings (SSSR count). The summed E-state index contributed by atoms with van der Waals surface area (Å²) in [5, 5.41) is 0.349. The molecule has 0 saturated carbocycles. The second-order valence-corrected chi connectivity index (χ2v) is 11.8. The molecule has 0 aliphatic carbocycles. The van der Waals surface area contributed by atoms with Gasteiger partial charge < -0.3 is 9.30 Å². The van der Waals surface area contributed by atoms with Crippen molar-refractivity contribution >= 4 is 27.5 Å². The summed E-state index contributed by atoms with van der Waals surface area (Å²) < 4.78 is 45.0. The van der Waals surface area contributed by atoms with E-state index in [1.807, 2.05) is 16.7 Å². The van der Waals surface area contributed by atoms with Crippen LogP contribution in [-0.4, -0.2) is 53.0 Å². The van der Waals surface area contributed by atoms with Gasteiger partial charge in [-0.05, 0) is 50.2 Å². The minimum atomic E-state index is -3.08. The van der Waals surface area contributed by atoms with Gasteiger partial charge in [0.25, 0.3) is 0 Å². The van der Waals surface area contributed by atoms with E-state index in [2.05, 4.69) is 21.4 Å². The second-order valence-electron chi connectivity index (χ2n) is 9.06. The lowest BCUT2D eigenvalue weighted by molar-refractivity contribution is 0.196. The number of rotatable bonds is 10. The highest BCUT2D eigenvalue weighted by molar-refractivity contribution is 7.90. The molecule has 0 unspecified atom stereocenters. The zero-order valence-corrected chi connectivity index (χ0v) is 21.8. The predicted octanol–water partition coefficient (Wildman–Crippen LogP) is 4.72. The molecule has 3 aromatic rings. The van der Waals surface area contributed by atoms with Crippen molar-refractivity contribution in [1.29, 1.82) is 0 Å². The average molecular weight is 533 g/mol. The molecule has 1 fully saturated rings. The molecule has 0 amide bonds. The number of ether oxygens (including phenoxy) is 1. The van der Waals surface area contributed by atoms with E-state index in [0.29, 0.717) is 35.5 Å². The molecular formula is C26H30ClFN4O3S. The Labute approximate surface area is 216 Å². The molecular weight excluding hydrogens is 503 g/mol. The number of benzene rings is 1. The lowest BCUT2D eigenvalue weighted by atomic mass is 9.93. The molecule has 1 aromatic carbocycles. The summed E-state index contributed by atoms with van der Waals surface area (Å²) in [6, 6.07) is 10.2. The van der Waals surface area contributed by atoms with Gasteiger partial charge in [0.15, 0.2) is 0 Å². The summed E-state index contributed by atoms with van der Waals surface area (Å²) in [5.41, 5.74) is 2.21. The maximum Gasteiger partial charge on any atom is 0.213 e. The smallest absolute Gasteiger partial charge is 0.213 e. The van der Waals surface area contributed by atoms with Gasteiger partial charge in [0.05, 0.1) is 24.2 Å². The van der Waals surface area contributed by atoms with Gasteiger partial charge in [0, 0.05) is 41.1 Å². The zero-order chi connectivity index (χ0) is 25.7. The largest absolute Gasteiger partial charge is 0.473 e. The minimum absolute atomic E-state index is 0.0635. The van der Waals surface area contributed by atoms with Crippen LogP contribution in [-0.2, 0) is 29.5 Å². The third-order valence-electron chi connectivity index (χ3n) is 6.37. The van der Waals surface area contributed by atoms with Crippen LogP contribution in [0, 0.1) is 5.82 Å². The first-order valence-corrected chi connectivity index (χ1v) is 14.3. The molecule has 1 saturated heterocycles. The van der Waals surface area contributed by atoms with Crippen molar-refractivity contribution in [3.63, 3.8) is 0 Å². The van der Waals surface area contributed by atoms with E-state index in [9.17, 15) is 12.8 Å². The number of pyridine rings is 1. The van der Waals surface area contributed by atoms with E-state index in [4.69, 9.17) is 16.3 Å². The van der Waals surface area contributed by atoms with Crippen LogP contribution in [0.2, 0.25) is 5.02 Å². The van der Waals surface area contributed by atoms with Gasteiger partial charge in [-0.15, -0.1) is 0 Å². The van der Waals surface area contributed by atoms with Crippen LogP contribution in [0.3, 0.4) is 0 Å². The van der Waals surface area contributed by atoms with Crippen molar-refractivity contribution in [2.24, 2.45) is 0 Å². The number of piperidine rings is 1. The molecule has 36 heavy (non-hydrogen) atoms. The summed E-state index contributed by atoms with van der Waals surface area (Å²) in [6.07, 6.45) is 6.54. The van der Waals surface area contributed by atoms with Gasteiger partial charge >= 0.3 is 0 Å². The summed E-state index contributed by atoms with van der Waals surface area (Å²) in [5.74, 6) is 1.27. The monoisotopic (exact) mass is 532 g/mol. The van der Waals surface area contributed by atoms with Crippen molar-refractivity contribution in [3.8, 4) is 5.88 Å². The Bertz CT molecular complexity index is 1320. The first-order valence-electron chi connectivity index (χ1n) is 11.8. The lowest BCUT2D eigenvalue weighted by Crippen LogP contribution is -2.34. The summed E-state index contributed by atoms with van der Waals surface area (Å²) in [4.78, 5) is 11.5. The second kappa shape index (κ2) is 11.5. The normalized spacial score (nSPS) is 15.2. The Balaban J connectivity index is 1.34. The van der Waals surface area contributed by atoms with Gasteiger partial charge in [-0.3, -0.25) is 4.90 Å². The molecule has 0 radical (unpaired) electrons. The highest BCUT2D eigenvalue weighted by Gasteiger charge is 2.23. The third kappa shape index (κ3) is 6.93. The molecule has 0 bridgehead atoms. The number of sulfone groups is 1. The molecule has 10 heteroatoms. The Morgan fingerprint density at radius 2 is 2.03 bits per heavy atom. The summed E-state index contributed by atoms with van der Waals surface area (Å²) in [6.45, 7) is 6.65.